The lowest BCUT2D eigenvalue weighted by Crippen LogP contribution is -2.49. The molecule has 7 nitrogen and oxygen atoms in total. The Kier molecular flexibility index (Phi) is 5.76. The first-order valence-corrected chi connectivity index (χ1v) is 6.71. The fraction of sp³-hybridized carbons (Fsp3) is 0.700. The van der Waals surface area contributed by atoms with E-state index in [1.54, 1.807) is 11.8 Å². The van der Waals surface area contributed by atoms with E-state index < -0.39 is 31.1 Å². The minimum atomic E-state index is -1.23. The second-order valence-electron chi connectivity index (χ2n) is 4.01. The van der Waals surface area contributed by atoms with Gasteiger partial charge in [-0.1, -0.05) is 0 Å². The molecule has 0 bridgehead atoms. The number of carbonyl (C=O) groups is 3. The zero-order valence-electron chi connectivity index (χ0n) is 9.79. The van der Waals surface area contributed by atoms with Crippen LogP contribution in [0.2, 0.25) is 0 Å². The first kappa shape index (κ1) is 14.6. The van der Waals surface area contributed by atoms with Gasteiger partial charge < -0.3 is 20.4 Å². The van der Waals surface area contributed by atoms with Crippen LogP contribution in [0, 0.1) is 0 Å². The van der Waals surface area contributed by atoms with Gasteiger partial charge in [0, 0.05) is 11.8 Å². The molecule has 8 heteroatoms. The topological polar surface area (TPSA) is 107 Å². The van der Waals surface area contributed by atoms with Crippen molar-refractivity contribution < 1.29 is 24.6 Å². The average Bonchev–Trinajstić information content (AvgIpc) is 2.28. The highest BCUT2D eigenvalue weighted by atomic mass is 32.2. The van der Waals surface area contributed by atoms with Crippen LogP contribution in [0.4, 0.5) is 4.79 Å². The zero-order valence-corrected chi connectivity index (χ0v) is 10.6. The zero-order chi connectivity index (χ0) is 13.5. The van der Waals surface area contributed by atoms with Crippen LogP contribution in [0.3, 0.4) is 0 Å². The van der Waals surface area contributed by atoms with Crippen LogP contribution in [0.1, 0.15) is 12.8 Å². The highest BCUT2D eigenvalue weighted by Crippen LogP contribution is 2.17. The van der Waals surface area contributed by atoms with Crippen molar-refractivity contribution in [3.8, 4) is 0 Å². The standard InChI is InChI=1S/C10H16N2O5S/c13-8(14)4-12(5-9(15)16)10(17)11-7-2-1-3-18-6-7/h7H,1-6H2,(H,11,17)(H,13,14)(H,15,16). The summed E-state index contributed by atoms with van der Waals surface area (Å²) in [6.07, 6.45) is 1.83. The Hall–Kier alpha value is -1.44. The normalized spacial score (nSPS) is 19.0. The number of amides is 2. The average molecular weight is 276 g/mol. The van der Waals surface area contributed by atoms with E-state index in [4.69, 9.17) is 10.2 Å². The van der Waals surface area contributed by atoms with E-state index >= 15 is 0 Å². The van der Waals surface area contributed by atoms with Crippen LogP contribution >= 0.6 is 11.8 Å². The molecule has 0 aromatic carbocycles. The molecule has 1 heterocycles. The molecule has 0 aromatic heterocycles. The van der Waals surface area contributed by atoms with Gasteiger partial charge in [-0.25, -0.2) is 4.79 Å². The monoisotopic (exact) mass is 276 g/mol. The van der Waals surface area contributed by atoms with Crippen molar-refractivity contribution >= 4 is 29.7 Å². The molecule has 1 saturated heterocycles. The summed E-state index contributed by atoms with van der Waals surface area (Å²) in [6.45, 7) is -1.23. The maximum atomic E-state index is 11.8. The predicted octanol–water partition coefficient (Wildman–Crippen LogP) is 0.0628. The van der Waals surface area contributed by atoms with Crippen LogP contribution in [-0.4, -0.2) is 63.7 Å². The highest BCUT2D eigenvalue weighted by molar-refractivity contribution is 7.99. The summed E-state index contributed by atoms with van der Waals surface area (Å²) in [5.41, 5.74) is 0. The largest absolute Gasteiger partial charge is 0.480 e. The Morgan fingerprint density at radius 1 is 1.22 bits per heavy atom. The Balaban J connectivity index is 2.51. The van der Waals surface area contributed by atoms with Gasteiger partial charge in [-0.05, 0) is 18.6 Å². The molecule has 0 saturated carbocycles. The van der Waals surface area contributed by atoms with Crippen molar-refractivity contribution in [3.05, 3.63) is 0 Å². The second kappa shape index (κ2) is 7.10. The van der Waals surface area contributed by atoms with E-state index in [1.165, 1.54) is 0 Å². The highest BCUT2D eigenvalue weighted by Gasteiger charge is 2.23. The number of carboxylic acid groups (broad SMARTS) is 2. The number of urea groups is 1. The number of thioether (sulfide) groups is 1. The van der Waals surface area contributed by atoms with Crippen LogP contribution in [0.15, 0.2) is 0 Å². The van der Waals surface area contributed by atoms with Gasteiger partial charge >= 0.3 is 18.0 Å². The summed E-state index contributed by atoms with van der Waals surface area (Å²) in [5.74, 6) is -0.631. The maximum absolute atomic E-state index is 11.8. The van der Waals surface area contributed by atoms with E-state index in [0.717, 1.165) is 29.2 Å². The molecule has 1 unspecified atom stereocenters. The molecule has 1 aliphatic rings. The Morgan fingerprint density at radius 2 is 1.83 bits per heavy atom. The molecule has 3 N–H and O–H groups in total. The number of rotatable bonds is 5. The molecule has 0 aromatic rings. The fourth-order valence-electron chi connectivity index (χ4n) is 1.65. The Labute approximate surface area is 109 Å². The number of nitrogens with zero attached hydrogens (tertiary/aromatic N) is 1. The maximum Gasteiger partial charge on any atom is 0.323 e. The predicted molar refractivity (Wildman–Crippen MR) is 65.7 cm³/mol. The minimum Gasteiger partial charge on any atom is -0.480 e. The second-order valence-corrected chi connectivity index (χ2v) is 5.16. The van der Waals surface area contributed by atoms with Crippen molar-refractivity contribution in [2.75, 3.05) is 24.6 Å². The first-order chi connectivity index (χ1) is 8.49. The molecule has 1 rings (SSSR count). The van der Waals surface area contributed by atoms with E-state index in [9.17, 15) is 14.4 Å². The lowest BCUT2D eigenvalue weighted by Gasteiger charge is -2.26. The molecule has 1 aliphatic heterocycles. The Bertz CT molecular complexity index is 314. The summed E-state index contributed by atoms with van der Waals surface area (Å²) in [5, 5.41) is 19.9. The van der Waals surface area contributed by atoms with Crippen LogP contribution in [-0.2, 0) is 9.59 Å². The molecule has 102 valence electrons. The number of carbonyl (C=O) groups excluding carboxylic acids is 1. The van der Waals surface area contributed by atoms with Crippen LogP contribution in [0.25, 0.3) is 0 Å². The third-order valence-corrected chi connectivity index (χ3v) is 3.64. The molecule has 18 heavy (non-hydrogen) atoms. The number of aliphatic carboxylic acids is 2. The number of carboxylic acids is 2. The van der Waals surface area contributed by atoms with Crippen LogP contribution < -0.4 is 5.32 Å². The summed E-state index contributed by atoms with van der Waals surface area (Å²) < 4.78 is 0. The first-order valence-electron chi connectivity index (χ1n) is 5.56. The molecule has 0 spiro atoms. The molecule has 0 radical (unpaired) electrons. The summed E-state index contributed by atoms with van der Waals surface area (Å²) >= 11 is 1.72. The molecular weight excluding hydrogens is 260 g/mol. The fourth-order valence-corrected chi connectivity index (χ4v) is 2.72. The van der Waals surface area contributed by atoms with Gasteiger partial charge in [0.1, 0.15) is 13.1 Å². The number of hydrogen-bond acceptors (Lipinski definition) is 4. The van der Waals surface area contributed by atoms with Gasteiger partial charge in [-0.3, -0.25) is 9.59 Å². The van der Waals surface area contributed by atoms with E-state index in [1.807, 2.05) is 0 Å². The van der Waals surface area contributed by atoms with Crippen LogP contribution in [0.5, 0.6) is 0 Å². The quantitative estimate of drug-likeness (QED) is 0.655. The van der Waals surface area contributed by atoms with Crippen molar-refractivity contribution in [1.29, 1.82) is 0 Å². The smallest absolute Gasteiger partial charge is 0.323 e. The molecule has 1 atom stereocenters. The molecule has 2 amide bonds. The lowest BCUT2D eigenvalue weighted by atomic mass is 10.2. The SMILES string of the molecule is O=C(O)CN(CC(=O)O)C(=O)NC1CCCSC1. The van der Waals surface area contributed by atoms with E-state index in [0.29, 0.717) is 0 Å². The summed E-state index contributed by atoms with van der Waals surface area (Å²) in [7, 11) is 0. The summed E-state index contributed by atoms with van der Waals surface area (Å²) in [4.78, 5) is 33.7. The Morgan fingerprint density at radius 3 is 2.28 bits per heavy atom. The molecule has 0 aliphatic carbocycles. The van der Waals surface area contributed by atoms with Gasteiger partial charge in [0.15, 0.2) is 0 Å². The third-order valence-electron chi connectivity index (χ3n) is 2.43. The van der Waals surface area contributed by atoms with Crippen molar-refractivity contribution in [3.63, 3.8) is 0 Å². The van der Waals surface area contributed by atoms with Gasteiger partial charge in [0.05, 0.1) is 0 Å². The van der Waals surface area contributed by atoms with Crippen molar-refractivity contribution in [2.45, 2.75) is 18.9 Å². The van der Waals surface area contributed by atoms with E-state index in [2.05, 4.69) is 5.32 Å². The number of hydrogen-bond donors (Lipinski definition) is 3. The van der Waals surface area contributed by atoms with Gasteiger partial charge in [-0.2, -0.15) is 11.8 Å². The third kappa shape index (κ3) is 5.26. The lowest BCUT2D eigenvalue weighted by molar-refractivity contribution is -0.140. The van der Waals surface area contributed by atoms with E-state index in [-0.39, 0.29) is 6.04 Å². The van der Waals surface area contributed by atoms with Gasteiger partial charge in [0.25, 0.3) is 0 Å². The van der Waals surface area contributed by atoms with Crippen molar-refractivity contribution in [2.24, 2.45) is 0 Å². The molecule has 1 fully saturated rings. The number of nitrogens with one attached hydrogen (secondary N) is 1. The molecular formula is C10H16N2O5S. The minimum absolute atomic E-state index is 0.0126. The summed E-state index contributed by atoms with van der Waals surface area (Å²) in [6, 6.07) is -0.645. The van der Waals surface area contributed by atoms with Gasteiger partial charge in [-0.15, -0.1) is 0 Å². The van der Waals surface area contributed by atoms with Gasteiger partial charge in [0.2, 0.25) is 0 Å². The van der Waals surface area contributed by atoms with Crippen molar-refractivity contribution in [1.82, 2.24) is 10.2 Å².